The normalized spacial score (nSPS) is 10.6. The Morgan fingerprint density at radius 1 is 0.875 bits per heavy atom. The Labute approximate surface area is 186 Å². The second kappa shape index (κ2) is 9.31. The molecule has 2 N–H and O–H groups in total. The van der Waals surface area contributed by atoms with E-state index in [1.54, 1.807) is 18.6 Å². The summed E-state index contributed by atoms with van der Waals surface area (Å²) in [5, 5.41) is 5.80. The second-order valence-corrected chi connectivity index (χ2v) is 7.72. The Balaban J connectivity index is 1.37. The molecule has 2 amide bonds. The Morgan fingerprint density at radius 2 is 1.66 bits per heavy atom. The third-order valence-corrected chi connectivity index (χ3v) is 5.12. The summed E-state index contributed by atoms with van der Waals surface area (Å²) in [6.07, 6.45) is 3.36. The third kappa shape index (κ3) is 5.10. The highest BCUT2D eigenvalue weighted by Crippen LogP contribution is 2.16. The van der Waals surface area contributed by atoms with E-state index in [-0.39, 0.29) is 11.8 Å². The summed E-state index contributed by atoms with van der Waals surface area (Å²) in [5.74, 6) is -0.382. The van der Waals surface area contributed by atoms with Gasteiger partial charge in [0.2, 0.25) is 0 Å². The first-order valence-electron chi connectivity index (χ1n) is 10.3. The van der Waals surface area contributed by atoms with Gasteiger partial charge in [-0.05, 0) is 55.3 Å². The van der Waals surface area contributed by atoms with E-state index in [0.717, 1.165) is 28.1 Å². The first kappa shape index (κ1) is 21.1. The molecule has 0 aliphatic heterocycles. The van der Waals surface area contributed by atoms with E-state index in [4.69, 9.17) is 0 Å². The molecule has 0 bridgehead atoms. The zero-order chi connectivity index (χ0) is 22.5. The Kier molecular flexibility index (Phi) is 6.12. The lowest BCUT2D eigenvalue weighted by atomic mass is 10.1. The minimum Gasteiger partial charge on any atom is -0.332 e. The van der Waals surface area contributed by atoms with E-state index < -0.39 is 0 Å². The smallest absolute Gasteiger partial charge is 0.275 e. The van der Waals surface area contributed by atoms with Crippen molar-refractivity contribution in [3.05, 3.63) is 113 Å². The predicted molar refractivity (Wildman–Crippen MR) is 126 cm³/mol. The third-order valence-electron chi connectivity index (χ3n) is 5.12. The van der Waals surface area contributed by atoms with Crippen LogP contribution < -0.4 is 10.6 Å². The molecule has 1 aromatic heterocycles. The molecule has 6 nitrogen and oxygen atoms in total. The van der Waals surface area contributed by atoms with E-state index >= 15 is 0 Å². The number of rotatable bonds is 6. The lowest BCUT2D eigenvalue weighted by Crippen LogP contribution is -2.13. The van der Waals surface area contributed by atoms with E-state index in [2.05, 4.69) is 15.6 Å². The highest BCUT2D eigenvalue weighted by Gasteiger charge is 2.11. The van der Waals surface area contributed by atoms with Crippen LogP contribution in [0.15, 0.2) is 85.3 Å². The maximum atomic E-state index is 12.5. The van der Waals surface area contributed by atoms with Crippen LogP contribution in [0.25, 0.3) is 0 Å². The van der Waals surface area contributed by atoms with Gasteiger partial charge in [0.05, 0.1) is 6.33 Å². The molecule has 4 aromatic rings. The molecule has 0 atom stereocenters. The molecule has 0 aliphatic rings. The number of nitrogens with zero attached hydrogens (tertiary/aromatic N) is 2. The SMILES string of the molecule is Cc1cccc(C(=O)Nc2ccc(Cn3cnc(C(=O)Nc4ccccc4C)c3)cc2)c1. The maximum absolute atomic E-state index is 12.5. The van der Waals surface area contributed by atoms with Crippen LogP contribution in [0.5, 0.6) is 0 Å². The van der Waals surface area contributed by atoms with Crippen molar-refractivity contribution in [3.8, 4) is 0 Å². The first-order chi connectivity index (χ1) is 15.5. The molecule has 0 fully saturated rings. The van der Waals surface area contributed by atoms with Gasteiger partial charge in [-0.15, -0.1) is 0 Å². The van der Waals surface area contributed by atoms with Gasteiger partial charge in [0.1, 0.15) is 5.69 Å². The van der Waals surface area contributed by atoms with E-state index in [1.165, 1.54) is 0 Å². The molecule has 1 heterocycles. The van der Waals surface area contributed by atoms with Crippen molar-refractivity contribution in [1.82, 2.24) is 9.55 Å². The van der Waals surface area contributed by atoms with Gasteiger partial charge < -0.3 is 15.2 Å². The molecule has 0 saturated heterocycles. The summed E-state index contributed by atoms with van der Waals surface area (Å²) < 4.78 is 1.85. The van der Waals surface area contributed by atoms with Crippen LogP contribution in [0.2, 0.25) is 0 Å². The van der Waals surface area contributed by atoms with Crippen LogP contribution in [0.4, 0.5) is 11.4 Å². The fourth-order valence-corrected chi connectivity index (χ4v) is 3.36. The maximum Gasteiger partial charge on any atom is 0.275 e. The number of carbonyl (C=O) groups excluding carboxylic acids is 2. The highest BCUT2D eigenvalue weighted by molar-refractivity contribution is 6.04. The molecule has 0 spiro atoms. The number of para-hydroxylation sites is 1. The number of hydrogen-bond donors (Lipinski definition) is 2. The summed E-state index contributed by atoms with van der Waals surface area (Å²) in [6, 6.07) is 22.7. The van der Waals surface area contributed by atoms with Crippen molar-refractivity contribution in [1.29, 1.82) is 0 Å². The average Bonchev–Trinajstić information content (AvgIpc) is 3.25. The van der Waals surface area contributed by atoms with Gasteiger partial charge in [-0.3, -0.25) is 9.59 Å². The summed E-state index contributed by atoms with van der Waals surface area (Å²) in [6.45, 7) is 4.47. The topological polar surface area (TPSA) is 76.0 Å². The van der Waals surface area contributed by atoms with Crippen LogP contribution in [0, 0.1) is 13.8 Å². The van der Waals surface area contributed by atoms with Crippen molar-refractivity contribution in [2.24, 2.45) is 0 Å². The molecule has 3 aromatic carbocycles. The minimum absolute atomic E-state index is 0.139. The standard InChI is InChI=1S/C26H24N4O2/c1-18-6-5-8-21(14-18)25(31)28-22-12-10-20(11-13-22)15-30-16-24(27-17-30)26(32)29-23-9-4-3-7-19(23)2/h3-14,16-17H,15H2,1-2H3,(H,28,31)(H,29,32). The van der Waals surface area contributed by atoms with Crippen molar-refractivity contribution in [2.45, 2.75) is 20.4 Å². The number of aromatic nitrogens is 2. The summed E-state index contributed by atoms with van der Waals surface area (Å²) in [4.78, 5) is 29.1. The Bertz CT molecular complexity index is 1260. The molecule has 0 radical (unpaired) electrons. The zero-order valence-corrected chi connectivity index (χ0v) is 18.0. The fourth-order valence-electron chi connectivity index (χ4n) is 3.36. The first-order valence-corrected chi connectivity index (χ1v) is 10.3. The average molecular weight is 425 g/mol. The number of imidazole rings is 1. The van der Waals surface area contributed by atoms with Gasteiger partial charge in [-0.2, -0.15) is 0 Å². The van der Waals surface area contributed by atoms with Gasteiger partial charge >= 0.3 is 0 Å². The van der Waals surface area contributed by atoms with Gasteiger partial charge in [0, 0.05) is 29.7 Å². The second-order valence-electron chi connectivity index (χ2n) is 7.72. The molecule has 32 heavy (non-hydrogen) atoms. The quantitative estimate of drug-likeness (QED) is 0.455. The van der Waals surface area contributed by atoms with Crippen molar-refractivity contribution in [3.63, 3.8) is 0 Å². The van der Waals surface area contributed by atoms with Crippen LogP contribution in [-0.2, 0) is 6.54 Å². The number of nitrogens with one attached hydrogen (secondary N) is 2. The number of anilines is 2. The van der Waals surface area contributed by atoms with Crippen LogP contribution in [0.1, 0.15) is 37.5 Å². The number of aryl methyl sites for hydroxylation is 2. The summed E-state index contributed by atoms with van der Waals surface area (Å²) >= 11 is 0. The lowest BCUT2D eigenvalue weighted by molar-refractivity contribution is 0.101. The molecular formula is C26H24N4O2. The van der Waals surface area contributed by atoms with Crippen LogP contribution >= 0.6 is 0 Å². The Morgan fingerprint density at radius 3 is 2.41 bits per heavy atom. The van der Waals surface area contributed by atoms with E-state index in [0.29, 0.717) is 17.8 Å². The van der Waals surface area contributed by atoms with Crippen molar-refractivity contribution < 1.29 is 9.59 Å². The molecule has 6 heteroatoms. The van der Waals surface area contributed by atoms with Crippen molar-refractivity contribution in [2.75, 3.05) is 10.6 Å². The Hall–Kier alpha value is -4.19. The largest absolute Gasteiger partial charge is 0.332 e. The zero-order valence-electron chi connectivity index (χ0n) is 18.0. The van der Waals surface area contributed by atoms with Gasteiger partial charge in [0.15, 0.2) is 0 Å². The molecular weight excluding hydrogens is 400 g/mol. The van der Waals surface area contributed by atoms with E-state index in [9.17, 15) is 9.59 Å². The minimum atomic E-state index is -0.243. The predicted octanol–water partition coefficient (Wildman–Crippen LogP) is 5.05. The highest BCUT2D eigenvalue weighted by atomic mass is 16.2. The summed E-state index contributed by atoms with van der Waals surface area (Å²) in [5.41, 5.74) is 5.55. The van der Waals surface area contributed by atoms with E-state index in [1.807, 2.05) is 85.1 Å². The fraction of sp³-hybridized carbons (Fsp3) is 0.115. The van der Waals surface area contributed by atoms with Crippen LogP contribution in [-0.4, -0.2) is 21.4 Å². The van der Waals surface area contributed by atoms with Gasteiger partial charge in [-0.25, -0.2) is 4.98 Å². The molecule has 160 valence electrons. The molecule has 0 unspecified atom stereocenters. The molecule has 0 saturated carbocycles. The van der Waals surface area contributed by atoms with Gasteiger partial charge in [0.25, 0.3) is 11.8 Å². The number of benzene rings is 3. The van der Waals surface area contributed by atoms with Crippen molar-refractivity contribution >= 4 is 23.2 Å². The van der Waals surface area contributed by atoms with Gasteiger partial charge in [-0.1, -0.05) is 48.0 Å². The lowest BCUT2D eigenvalue weighted by Gasteiger charge is -2.08. The number of carbonyl (C=O) groups is 2. The number of amides is 2. The van der Waals surface area contributed by atoms with Crippen LogP contribution in [0.3, 0.4) is 0 Å². The molecule has 4 rings (SSSR count). The summed E-state index contributed by atoms with van der Waals surface area (Å²) in [7, 11) is 0. The molecule has 0 aliphatic carbocycles. The number of hydrogen-bond acceptors (Lipinski definition) is 3. The monoisotopic (exact) mass is 424 g/mol.